The standard InChI is InChI=1S/C89H150O5/c1-3-5-7-9-11-13-15-17-19-21-23-25-27-29-31-33-35-37-39-41-43-44-46-47-49-51-53-55-57-59-61-63-65-67-69-71-73-75-77-79-81-83-88(91)93-86-87(85-90)94-89(92)84-82-80-78-76-74-72-70-68-66-64-62-60-58-56-54-52-50-48-45-42-40-38-36-34-32-30-28-26-24-22-20-18-16-14-12-10-8-6-4-2/h5-8,11-14,17-20,23-26,29-32,36,38,42,45,50,52,87,90H,3-4,9-10,15-16,21-22,27-28,33-35,37,39-41,43-44,46-49,51,53-86H2,1-2H3/b7-5-,8-6-,13-11-,14-12-,19-17-,20-18-,25-23-,26-24-,31-29-,32-30-,38-36-,45-42-,52-50-. The Morgan fingerprint density at radius 3 is 0.638 bits per heavy atom. The minimum atomic E-state index is -0.780. The van der Waals surface area contributed by atoms with Gasteiger partial charge < -0.3 is 14.6 Å². The Hall–Kier alpha value is -4.48. The molecule has 0 heterocycles. The van der Waals surface area contributed by atoms with Gasteiger partial charge >= 0.3 is 11.9 Å². The van der Waals surface area contributed by atoms with E-state index in [-0.39, 0.29) is 25.2 Å². The molecule has 0 saturated carbocycles. The molecule has 0 fully saturated rings. The van der Waals surface area contributed by atoms with E-state index in [1.807, 2.05) is 0 Å². The molecule has 1 N–H and O–H groups in total. The monoisotopic (exact) mass is 1300 g/mol. The molecule has 0 spiro atoms. The van der Waals surface area contributed by atoms with Crippen molar-refractivity contribution in [3.05, 3.63) is 158 Å². The number of unbranched alkanes of at least 4 members (excludes halogenated alkanes) is 39. The zero-order valence-electron chi connectivity index (χ0n) is 61.7. The van der Waals surface area contributed by atoms with Crippen molar-refractivity contribution < 1.29 is 24.2 Å². The van der Waals surface area contributed by atoms with Gasteiger partial charge in [-0.05, 0) is 122 Å². The second kappa shape index (κ2) is 82.7. The summed E-state index contributed by atoms with van der Waals surface area (Å²) in [6.07, 6.45) is 126. The molecule has 0 aliphatic heterocycles. The van der Waals surface area contributed by atoms with Gasteiger partial charge in [-0.15, -0.1) is 0 Å². The molecule has 5 heteroatoms. The molecule has 1 atom stereocenters. The maximum Gasteiger partial charge on any atom is 0.306 e. The third-order valence-electron chi connectivity index (χ3n) is 17.3. The van der Waals surface area contributed by atoms with E-state index in [1.165, 1.54) is 225 Å². The second-order valence-electron chi connectivity index (χ2n) is 26.4. The van der Waals surface area contributed by atoms with Gasteiger partial charge in [0.15, 0.2) is 6.10 Å². The summed E-state index contributed by atoms with van der Waals surface area (Å²) >= 11 is 0. The Kier molecular flexibility index (Phi) is 78.8. The first kappa shape index (κ1) is 89.5. The second-order valence-corrected chi connectivity index (χ2v) is 26.4. The minimum Gasteiger partial charge on any atom is -0.462 e. The third-order valence-corrected chi connectivity index (χ3v) is 17.3. The normalized spacial score (nSPS) is 13.1. The summed E-state index contributed by atoms with van der Waals surface area (Å²) in [6, 6.07) is 0. The van der Waals surface area contributed by atoms with E-state index in [0.29, 0.717) is 12.8 Å². The van der Waals surface area contributed by atoms with Gasteiger partial charge in [-0.25, -0.2) is 0 Å². The highest BCUT2D eigenvalue weighted by atomic mass is 16.6. The summed E-state index contributed by atoms with van der Waals surface area (Å²) < 4.78 is 10.8. The van der Waals surface area contributed by atoms with Crippen molar-refractivity contribution in [1.82, 2.24) is 0 Å². The van der Waals surface area contributed by atoms with Crippen LogP contribution >= 0.6 is 0 Å². The molecule has 1 unspecified atom stereocenters. The summed E-state index contributed by atoms with van der Waals surface area (Å²) in [5.41, 5.74) is 0. The SMILES string of the molecule is CC/C=C\C/C=C\C/C=C\C/C=C\C/C=C\C/C=C\C/C=C\C/C=C\CCCCCCCCCCCCCCCCC(=O)OC(CO)COC(=O)CCCCCCCCCCCCCCCCCCCCCCCCCCC/C=C\C/C=C\C/C=C\C/C=C\C/C=C\CC. The van der Waals surface area contributed by atoms with Gasteiger partial charge in [-0.1, -0.05) is 397 Å². The van der Waals surface area contributed by atoms with Crippen molar-refractivity contribution in [3.63, 3.8) is 0 Å². The molecular formula is C89H150O5. The van der Waals surface area contributed by atoms with Crippen molar-refractivity contribution >= 4 is 11.9 Å². The maximum atomic E-state index is 12.4. The number of hydrogen-bond donors (Lipinski definition) is 1. The summed E-state index contributed by atoms with van der Waals surface area (Å²) in [6.45, 7) is 3.94. The van der Waals surface area contributed by atoms with E-state index >= 15 is 0 Å². The summed E-state index contributed by atoms with van der Waals surface area (Å²) in [5, 5.41) is 9.73. The molecule has 0 aliphatic carbocycles. The Bertz CT molecular complexity index is 1960. The van der Waals surface area contributed by atoms with E-state index in [0.717, 1.165) is 122 Å². The number of carbonyl (C=O) groups is 2. The van der Waals surface area contributed by atoms with Gasteiger partial charge in [0.2, 0.25) is 0 Å². The van der Waals surface area contributed by atoms with Crippen molar-refractivity contribution in [2.24, 2.45) is 0 Å². The highest BCUT2D eigenvalue weighted by Gasteiger charge is 2.16. The van der Waals surface area contributed by atoms with Gasteiger partial charge in [0, 0.05) is 12.8 Å². The predicted molar refractivity (Wildman–Crippen MR) is 417 cm³/mol. The van der Waals surface area contributed by atoms with Gasteiger partial charge in [0.05, 0.1) is 6.61 Å². The molecular weight excluding hydrogens is 1150 g/mol. The van der Waals surface area contributed by atoms with E-state index in [4.69, 9.17) is 9.47 Å². The Labute approximate surface area is 583 Å². The lowest BCUT2D eigenvalue weighted by Gasteiger charge is -2.15. The first-order valence-corrected chi connectivity index (χ1v) is 40.0. The quantitative estimate of drug-likeness (QED) is 0.0373. The number of esters is 2. The van der Waals surface area contributed by atoms with Crippen molar-refractivity contribution in [2.75, 3.05) is 13.2 Å². The van der Waals surface area contributed by atoms with Crippen LogP contribution in [0.15, 0.2) is 158 Å². The lowest BCUT2D eigenvalue weighted by molar-refractivity contribution is -0.161. The minimum absolute atomic E-state index is 0.0677. The molecule has 0 bridgehead atoms. The van der Waals surface area contributed by atoms with Crippen LogP contribution < -0.4 is 0 Å². The van der Waals surface area contributed by atoms with Crippen LogP contribution in [0.5, 0.6) is 0 Å². The lowest BCUT2D eigenvalue weighted by atomic mass is 10.0. The average molecular weight is 1300 g/mol. The molecule has 0 aromatic heterocycles. The van der Waals surface area contributed by atoms with E-state index in [1.54, 1.807) is 0 Å². The number of rotatable bonds is 73. The highest BCUT2D eigenvalue weighted by Crippen LogP contribution is 2.19. The number of allylic oxidation sites excluding steroid dienone is 26. The van der Waals surface area contributed by atoms with Crippen LogP contribution in [0, 0.1) is 0 Å². The number of carbonyl (C=O) groups excluding carboxylic acids is 2. The molecule has 0 rings (SSSR count). The van der Waals surface area contributed by atoms with Crippen LogP contribution in [0.1, 0.15) is 373 Å². The molecule has 0 aromatic rings. The van der Waals surface area contributed by atoms with Gasteiger partial charge in [-0.2, -0.15) is 0 Å². The van der Waals surface area contributed by atoms with Crippen LogP contribution in [0.3, 0.4) is 0 Å². The fourth-order valence-corrected chi connectivity index (χ4v) is 11.4. The average Bonchev–Trinajstić information content (AvgIpc) is 3.65. The van der Waals surface area contributed by atoms with Gasteiger partial charge in [0.25, 0.3) is 0 Å². The van der Waals surface area contributed by atoms with Gasteiger partial charge in [0.1, 0.15) is 6.61 Å². The number of aliphatic hydroxyl groups is 1. The smallest absolute Gasteiger partial charge is 0.306 e. The Morgan fingerprint density at radius 2 is 0.426 bits per heavy atom. The van der Waals surface area contributed by atoms with Crippen LogP contribution in [0.2, 0.25) is 0 Å². The topological polar surface area (TPSA) is 72.8 Å². The van der Waals surface area contributed by atoms with Gasteiger partial charge in [-0.3, -0.25) is 9.59 Å². The lowest BCUT2D eigenvalue weighted by Crippen LogP contribution is -2.28. The third kappa shape index (κ3) is 80.0. The first-order chi connectivity index (χ1) is 46.6. The zero-order valence-corrected chi connectivity index (χ0v) is 61.7. The first-order valence-electron chi connectivity index (χ1n) is 40.0. The molecule has 5 nitrogen and oxygen atoms in total. The van der Waals surface area contributed by atoms with Crippen molar-refractivity contribution in [2.45, 2.75) is 380 Å². The molecule has 0 amide bonds. The van der Waals surface area contributed by atoms with Crippen LogP contribution in [0.25, 0.3) is 0 Å². The molecule has 0 aliphatic rings. The Balaban J connectivity index is 3.45. The largest absolute Gasteiger partial charge is 0.462 e. The van der Waals surface area contributed by atoms with Crippen molar-refractivity contribution in [3.8, 4) is 0 Å². The molecule has 536 valence electrons. The fraction of sp³-hybridized carbons (Fsp3) is 0.685. The van der Waals surface area contributed by atoms with Crippen molar-refractivity contribution in [1.29, 1.82) is 0 Å². The molecule has 0 radical (unpaired) electrons. The number of hydrogen-bond acceptors (Lipinski definition) is 5. The molecule has 0 aromatic carbocycles. The van der Waals surface area contributed by atoms with E-state index in [2.05, 4.69) is 172 Å². The zero-order chi connectivity index (χ0) is 67.5. The molecule has 94 heavy (non-hydrogen) atoms. The number of ether oxygens (including phenoxy) is 2. The van der Waals surface area contributed by atoms with E-state index < -0.39 is 6.10 Å². The highest BCUT2D eigenvalue weighted by molar-refractivity contribution is 5.70. The van der Waals surface area contributed by atoms with Crippen LogP contribution in [-0.4, -0.2) is 36.4 Å². The maximum absolute atomic E-state index is 12.4. The predicted octanol–water partition coefficient (Wildman–Crippen LogP) is 28.5. The Morgan fingerprint density at radius 1 is 0.245 bits per heavy atom. The van der Waals surface area contributed by atoms with Crippen LogP contribution in [-0.2, 0) is 19.1 Å². The van der Waals surface area contributed by atoms with Crippen LogP contribution in [0.4, 0.5) is 0 Å². The summed E-state index contributed by atoms with van der Waals surface area (Å²) in [4.78, 5) is 24.7. The number of aliphatic hydroxyl groups excluding tert-OH is 1. The summed E-state index contributed by atoms with van der Waals surface area (Å²) in [7, 11) is 0. The van der Waals surface area contributed by atoms with E-state index in [9.17, 15) is 14.7 Å². The molecule has 0 saturated heterocycles. The summed E-state index contributed by atoms with van der Waals surface area (Å²) in [5.74, 6) is -0.580. The fourth-order valence-electron chi connectivity index (χ4n) is 11.4.